The molecular weight excluding hydrogens is 294 g/mol. The SMILES string of the molecule is CNC(=O)c1cccc(NC(=O)C2COCCN2)c1C.Cl. The van der Waals surface area contributed by atoms with E-state index in [2.05, 4.69) is 16.0 Å². The van der Waals surface area contributed by atoms with E-state index in [0.29, 0.717) is 31.0 Å². The van der Waals surface area contributed by atoms with Crippen LogP contribution in [0.4, 0.5) is 5.69 Å². The number of amides is 2. The topological polar surface area (TPSA) is 79.5 Å². The van der Waals surface area contributed by atoms with Gasteiger partial charge in [-0.15, -0.1) is 12.4 Å². The fourth-order valence-electron chi connectivity index (χ4n) is 2.11. The van der Waals surface area contributed by atoms with Crippen molar-refractivity contribution in [1.29, 1.82) is 0 Å². The molecule has 0 radical (unpaired) electrons. The first-order valence-corrected chi connectivity index (χ1v) is 6.57. The molecule has 0 aliphatic carbocycles. The molecule has 1 fully saturated rings. The predicted octanol–water partition coefficient (Wildman–Crippen LogP) is 0.703. The van der Waals surface area contributed by atoms with Gasteiger partial charge in [-0.3, -0.25) is 9.59 Å². The van der Waals surface area contributed by atoms with E-state index in [9.17, 15) is 9.59 Å². The first kappa shape index (κ1) is 17.4. The third-order valence-electron chi connectivity index (χ3n) is 3.30. The van der Waals surface area contributed by atoms with E-state index in [1.54, 1.807) is 25.2 Å². The Balaban J connectivity index is 0.00000220. The maximum atomic E-state index is 12.1. The van der Waals surface area contributed by atoms with Crippen molar-refractivity contribution >= 4 is 29.9 Å². The van der Waals surface area contributed by atoms with Crippen LogP contribution in [0.3, 0.4) is 0 Å². The van der Waals surface area contributed by atoms with Crippen LogP contribution in [0.2, 0.25) is 0 Å². The molecule has 116 valence electrons. The smallest absolute Gasteiger partial charge is 0.251 e. The number of halogens is 1. The number of rotatable bonds is 3. The number of ether oxygens (including phenoxy) is 1. The molecule has 6 nitrogen and oxygen atoms in total. The van der Waals surface area contributed by atoms with E-state index in [1.165, 1.54) is 0 Å². The van der Waals surface area contributed by atoms with Crippen molar-refractivity contribution in [3.05, 3.63) is 29.3 Å². The number of nitrogens with one attached hydrogen (secondary N) is 3. The van der Waals surface area contributed by atoms with Crippen molar-refractivity contribution in [3.63, 3.8) is 0 Å². The van der Waals surface area contributed by atoms with Crippen LogP contribution in [0.5, 0.6) is 0 Å². The summed E-state index contributed by atoms with van der Waals surface area (Å²) in [4.78, 5) is 23.8. The average Bonchev–Trinajstić information content (AvgIpc) is 2.49. The molecule has 1 aromatic carbocycles. The van der Waals surface area contributed by atoms with E-state index in [1.807, 2.05) is 6.92 Å². The highest BCUT2D eigenvalue weighted by molar-refractivity contribution is 6.00. The fraction of sp³-hybridized carbons (Fsp3) is 0.429. The van der Waals surface area contributed by atoms with Crippen molar-refractivity contribution in [2.75, 3.05) is 32.1 Å². The Morgan fingerprint density at radius 2 is 2.14 bits per heavy atom. The van der Waals surface area contributed by atoms with Gasteiger partial charge in [0.05, 0.1) is 13.2 Å². The molecule has 1 aliphatic rings. The first-order valence-electron chi connectivity index (χ1n) is 6.57. The van der Waals surface area contributed by atoms with Crippen LogP contribution in [0.25, 0.3) is 0 Å². The molecule has 1 aliphatic heterocycles. The van der Waals surface area contributed by atoms with Gasteiger partial charge in [-0.1, -0.05) is 6.07 Å². The summed E-state index contributed by atoms with van der Waals surface area (Å²) in [6.07, 6.45) is 0. The second kappa shape index (κ2) is 7.97. The second-order valence-corrected chi connectivity index (χ2v) is 4.63. The fourth-order valence-corrected chi connectivity index (χ4v) is 2.11. The Labute approximate surface area is 130 Å². The van der Waals surface area contributed by atoms with Gasteiger partial charge in [-0.2, -0.15) is 0 Å². The van der Waals surface area contributed by atoms with Gasteiger partial charge in [-0.25, -0.2) is 0 Å². The Morgan fingerprint density at radius 3 is 2.76 bits per heavy atom. The molecule has 0 bridgehead atoms. The third-order valence-corrected chi connectivity index (χ3v) is 3.30. The summed E-state index contributed by atoms with van der Waals surface area (Å²) in [6.45, 7) is 3.45. The van der Waals surface area contributed by atoms with Gasteiger partial charge in [0.25, 0.3) is 5.91 Å². The molecule has 7 heteroatoms. The van der Waals surface area contributed by atoms with Crippen LogP contribution in [0.15, 0.2) is 18.2 Å². The highest BCUT2D eigenvalue weighted by atomic mass is 35.5. The van der Waals surface area contributed by atoms with Crippen molar-refractivity contribution in [3.8, 4) is 0 Å². The minimum absolute atomic E-state index is 0. The summed E-state index contributed by atoms with van der Waals surface area (Å²) in [5.74, 6) is -0.320. The quantitative estimate of drug-likeness (QED) is 0.767. The van der Waals surface area contributed by atoms with E-state index in [4.69, 9.17) is 4.74 Å². The summed E-state index contributed by atoms with van der Waals surface area (Å²) < 4.78 is 5.26. The maximum absolute atomic E-state index is 12.1. The third kappa shape index (κ3) is 4.17. The summed E-state index contributed by atoms with van der Waals surface area (Å²) >= 11 is 0. The molecule has 2 amide bonds. The minimum Gasteiger partial charge on any atom is -0.378 e. The summed E-state index contributed by atoms with van der Waals surface area (Å²) in [5, 5.41) is 8.51. The van der Waals surface area contributed by atoms with E-state index < -0.39 is 0 Å². The van der Waals surface area contributed by atoms with Crippen LogP contribution in [0, 0.1) is 6.92 Å². The molecule has 3 N–H and O–H groups in total. The lowest BCUT2D eigenvalue weighted by atomic mass is 10.1. The average molecular weight is 314 g/mol. The summed E-state index contributed by atoms with van der Waals surface area (Å²) in [6, 6.07) is 4.90. The largest absolute Gasteiger partial charge is 0.378 e. The number of hydrogen-bond donors (Lipinski definition) is 3. The van der Waals surface area contributed by atoms with Gasteiger partial charge in [0, 0.05) is 24.8 Å². The van der Waals surface area contributed by atoms with Crippen molar-refractivity contribution in [1.82, 2.24) is 10.6 Å². The normalized spacial score (nSPS) is 17.5. The number of carbonyl (C=O) groups excluding carboxylic acids is 2. The van der Waals surface area contributed by atoms with Crippen LogP contribution < -0.4 is 16.0 Å². The number of benzene rings is 1. The van der Waals surface area contributed by atoms with Gasteiger partial charge >= 0.3 is 0 Å². The van der Waals surface area contributed by atoms with Crippen molar-refractivity contribution in [2.45, 2.75) is 13.0 Å². The van der Waals surface area contributed by atoms with E-state index in [0.717, 1.165) is 5.56 Å². The zero-order valence-corrected chi connectivity index (χ0v) is 12.9. The van der Waals surface area contributed by atoms with Gasteiger partial charge in [-0.05, 0) is 24.6 Å². The number of morpholine rings is 1. The summed E-state index contributed by atoms with van der Waals surface area (Å²) in [7, 11) is 1.58. The maximum Gasteiger partial charge on any atom is 0.251 e. The zero-order valence-electron chi connectivity index (χ0n) is 12.1. The van der Waals surface area contributed by atoms with Crippen molar-refractivity contribution in [2.24, 2.45) is 0 Å². The Bertz CT molecular complexity index is 516. The molecule has 1 unspecified atom stereocenters. The van der Waals surface area contributed by atoms with E-state index in [-0.39, 0.29) is 30.3 Å². The number of anilines is 1. The molecular formula is C14H20ClN3O3. The van der Waals surface area contributed by atoms with Gasteiger partial charge in [0.15, 0.2) is 0 Å². The van der Waals surface area contributed by atoms with Crippen LogP contribution in [0.1, 0.15) is 15.9 Å². The Hall–Kier alpha value is -1.63. The second-order valence-electron chi connectivity index (χ2n) is 4.63. The molecule has 1 atom stereocenters. The Kier molecular flexibility index (Phi) is 6.61. The highest BCUT2D eigenvalue weighted by Gasteiger charge is 2.22. The monoisotopic (exact) mass is 313 g/mol. The highest BCUT2D eigenvalue weighted by Crippen LogP contribution is 2.19. The molecule has 0 aromatic heterocycles. The molecule has 2 rings (SSSR count). The number of carbonyl (C=O) groups is 2. The van der Waals surface area contributed by atoms with Gasteiger partial charge < -0.3 is 20.7 Å². The molecule has 0 spiro atoms. The standard InChI is InChI=1S/C14H19N3O3.ClH/c1-9-10(13(18)15-2)4-3-5-11(9)17-14(19)12-8-20-7-6-16-12;/h3-5,12,16H,6-8H2,1-2H3,(H,15,18)(H,17,19);1H. The van der Waals surface area contributed by atoms with Gasteiger partial charge in [0.1, 0.15) is 6.04 Å². The molecule has 1 aromatic rings. The predicted molar refractivity (Wildman–Crippen MR) is 83.1 cm³/mol. The lowest BCUT2D eigenvalue weighted by molar-refractivity contribution is -0.120. The first-order chi connectivity index (χ1) is 9.63. The van der Waals surface area contributed by atoms with Gasteiger partial charge in [0.2, 0.25) is 5.91 Å². The van der Waals surface area contributed by atoms with E-state index >= 15 is 0 Å². The molecule has 21 heavy (non-hydrogen) atoms. The van der Waals surface area contributed by atoms with Crippen LogP contribution >= 0.6 is 12.4 Å². The molecule has 1 heterocycles. The minimum atomic E-state index is -0.355. The lowest BCUT2D eigenvalue weighted by Crippen LogP contribution is -2.48. The Morgan fingerprint density at radius 1 is 1.38 bits per heavy atom. The summed E-state index contributed by atoms with van der Waals surface area (Å²) in [5.41, 5.74) is 1.94. The zero-order chi connectivity index (χ0) is 14.5. The van der Waals surface area contributed by atoms with Crippen molar-refractivity contribution < 1.29 is 14.3 Å². The molecule has 1 saturated heterocycles. The van der Waals surface area contributed by atoms with Crippen LogP contribution in [-0.4, -0.2) is 44.7 Å². The number of hydrogen-bond acceptors (Lipinski definition) is 4. The molecule has 0 saturated carbocycles. The van der Waals surface area contributed by atoms with Crippen LogP contribution in [-0.2, 0) is 9.53 Å². The lowest BCUT2D eigenvalue weighted by Gasteiger charge is -2.23.